The molecule has 2 aliphatic rings. The molecule has 0 radical (unpaired) electrons. The Balaban J connectivity index is 2.20. The highest BCUT2D eigenvalue weighted by molar-refractivity contribution is 5.84. The molecule has 18 heavy (non-hydrogen) atoms. The molecule has 0 heterocycles. The first-order chi connectivity index (χ1) is 8.52. The molecule has 2 bridgehead atoms. The minimum atomic E-state index is -0.237. The second-order valence-electron chi connectivity index (χ2n) is 5.68. The third-order valence-electron chi connectivity index (χ3n) is 4.63. The number of carbonyl (C=O) groups excluding carboxylic acids is 2. The average Bonchev–Trinajstić information content (AvgIpc) is 2.87. The summed E-state index contributed by atoms with van der Waals surface area (Å²) in [6, 6.07) is 0. The summed E-state index contributed by atoms with van der Waals surface area (Å²) in [5, 5.41) is 0. The molecule has 4 atom stereocenters. The van der Waals surface area contributed by atoms with Gasteiger partial charge in [0.05, 0.1) is 13.0 Å². The van der Waals surface area contributed by atoms with Gasteiger partial charge in [-0.1, -0.05) is 26.0 Å². The molecule has 1 fully saturated rings. The van der Waals surface area contributed by atoms with Crippen LogP contribution in [0.25, 0.3) is 0 Å². The van der Waals surface area contributed by atoms with Gasteiger partial charge in [0.25, 0.3) is 0 Å². The fraction of sp³-hybridized carbons (Fsp3) is 0.733. The fourth-order valence-electron chi connectivity index (χ4n) is 3.77. The molecular formula is C15H22O3. The molecule has 3 heteroatoms. The van der Waals surface area contributed by atoms with E-state index in [1.54, 1.807) is 0 Å². The van der Waals surface area contributed by atoms with Crippen molar-refractivity contribution in [3.8, 4) is 0 Å². The van der Waals surface area contributed by atoms with Crippen LogP contribution >= 0.6 is 0 Å². The molecule has 100 valence electrons. The van der Waals surface area contributed by atoms with Crippen LogP contribution in [0.3, 0.4) is 0 Å². The smallest absolute Gasteiger partial charge is 0.306 e. The Hall–Kier alpha value is -1.12. The number of carbonyl (C=O) groups is 2. The van der Waals surface area contributed by atoms with E-state index in [0.717, 1.165) is 6.42 Å². The Labute approximate surface area is 109 Å². The SMILES string of the molecule is CCOC(=O)C[C@]1(C)[C@@H]2C=C[C@@H](C2)[C@H]1C(=O)CC. The molecule has 0 spiro atoms. The highest BCUT2D eigenvalue weighted by Crippen LogP contribution is 2.58. The maximum absolute atomic E-state index is 12.2. The van der Waals surface area contributed by atoms with Crippen molar-refractivity contribution in [3.05, 3.63) is 12.2 Å². The summed E-state index contributed by atoms with van der Waals surface area (Å²) in [6.45, 7) is 6.21. The highest BCUT2D eigenvalue weighted by atomic mass is 16.5. The average molecular weight is 250 g/mol. The number of allylic oxidation sites excluding steroid dienone is 2. The van der Waals surface area contributed by atoms with E-state index in [-0.39, 0.29) is 17.3 Å². The standard InChI is InChI=1S/C15H22O3/c1-4-12(16)14-10-6-7-11(8-10)15(14,3)9-13(17)18-5-2/h6-7,10-11,14H,4-5,8-9H2,1-3H3/t10-,11+,14-,15+/m0/s1. The van der Waals surface area contributed by atoms with Gasteiger partial charge in [-0.25, -0.2) is 0 Å². The summed E-state index contributed by atoms with van der Waals surface area (Å²) < 4.78 is 5.06. The van der Waals surface area contributed by atoms with E-state index in [2.05, 4.69) is 19.1 Å². The quantitative estimate of drug-likeness (QED) is 0.556. The maximum atomic E-state index is 12.2. The molecule has 3 nitrogen and oxygen atoms in total. The third kappa shape index (κ3) is 2.00. The van der Waals surface area contributed by atoms with Crippen molar-refractivity contribution in [1.82, 2.24) is 0 Å². The van der Waals surface area contributed by atoms with Gasteiger partial charge >= 0.3 is 5.97 Å². The minimum absolute atomic E-state index is 0.00176. The van der Waals surface area contributed by atoms with Crippen LogP contribution in [0.4, 0.5) is 0 Å². The number of hydrogen-bond acceptors (Lipinski definition) is 3. The Morgan fingerprint density at radius 3 is 2.67 bits per heavy atom. The molecule has 0 aromatic heterocycles. The molecule has 1 saturated carbocycles. The number of Topliss-reactive ketones (excluding diaryl/α,β-unsaturated/α-hetero) is 1. The zero-order chi connectivity index (χ0) is 13.3. The van der Waals surface area contributed by atoms with E-state index in [9.17, 15) is 9.59 Å². The largest absolute Gasteiger partial charge is 0.466 e. The Kier molecular flexibility index (Phi) is 3.60. The van der Waals surface area contributed by atoms with Gasteiger partial charge in [-0.2, -0.15) is 0 Å². The summed E-state index contributed by atoms with van der Waals surface area (Å²) >= 11 is 0. The van der Waals surface area contributed by atoms with E-state index in [0.29, 0.717) is 37.1 Å². The predicted molar refractivity (Wildman–Crippen MR) is 68.9 cm³/mol. The molecule has 0 aromatic carbocycles. The van der Waals surface area contributed by atoms with Crippen LogP contribution in [0.1, 0.15) is 40.0 Å². The molecule has 0 unspecified atom stereocenters. The van der Waals surface area contributed by atoms with Crippen LogP contribution in [-0.4, -0.2) is 18.4 Å². The lowest BCUT2D eigenvalue weighted by molar-refractivity contribution is -0.147. The second kappa shape index (κ2) is 4.87. The van der Waals surface area contributed by atoms with Crippen molar-refractivity contribution in [1.29, 1.82) is 0 Å². The summed E-state index contributed by atoms with van der Waals surface area (Å²) in [5.41, 5.74) is -0.237. The zero-order valence-electron chi connectivity index (χ0n) is 11.4. The molecular weight excluding hydrogens is 228 g/mol. The van der Waals surface area contributed by atoms with Gasteiger partial charge in [0.1, 0.15) is 5.78 Å². The monoisotopic (exact) mass is 250 g/mol. The highest BCUT2D eigenvalue weighted by Gasteiger charge is 2.56. The Morgan fingerprint density at radius 2 is 2.06 bits per heavy atom. The van der Waals surface area contributed by atoms with Crippen LogP contribution < -0.4 is 0 Å². The van der Waals surface area contributed by atoms with Gasteiger partial charge in [-0.15, -0.1) is 0 Å². The van der Waals surface area contributed by atoms with Gasteiger partial charge < -0.3 is 4.74 Å². The third-order valence-corrected chi connectivity index (χ3v) is 4.63. The van der Waals surface area contributed by atoms with Gasteiger partial charge in [-0.3, -0.25) is 9.59 Å². The zero-order valence-corrected chi connectivity index (χ0v) is 11.4. The predicted octanol–water partition coefficient (Wildman–Crippen LogP) is 2.75. The molecule has 0 saturated heterocycles. The number of ketones is 1. The van der Waals surface area contributed by atoms with Gasteiger partial charge in [0.15, 0.2) is 0 Å². The van der Waals surface area contributed by atoms with Crippen molar-refractivity contribution in [3.63, 3.8) is 0 Å². The number of ether oxygens (including phenoxy) is 1. The van der Waals surface area contributed by atoms with Crippen molar-refractivity contribution in [2.45, 2.75) is 40.0 Å². The normalized spacial score (nSPS) is 36.9. The molecule has 0 aliphatic heterocycles. The van der Waals surface area contributed by atoms with Crippen molar-refractivity contribution < 1.29 is 14.3 Å². The first-order valence-corrected chi connectivity index (χ1v) is 6.89. The lowest BCUT2D eigenvalue weighted by atomic mass is 9.66. The summed E-state index contributed by atoms with van der Waals surface area (Å²) in [7, 11) is 0. The number of fused-ring (bicyclic) bond motifs is 2. The summed E-state index contributed by atoms with van der Waals surface area (Å²) in [5.74, 6) is 0.810. The van der Waals surface area contributed by atoms with E-state index < -0.39 is 0 Å². The van der Waals surface area contributed by atoms with Crippen molar-refractivity contribution in [2.75, 3.05) is 6.61 Å². The Morgan fingerprint density at radius 1 is 1.33 bits per heavy atom. The number of hydrogen-bond donors (Lipinski definition) is 0. The molecule has 2 rings (SSSR count). The number of rotatable bonds is 5. The van der Waals surface area contributed by atoms with E-state index >= 15 is 0 Å². The Bertz CT molecular complexity index is 385. The van der Waals surface area contributed by atoms with E-state index in [1.807, 2.05) is 13.8 Å². The lowest BCUT2D eigenvalue weighted by Crippen LogP contribution is -2.38. The van der Waals surface area contributed by atoms with Crippen molar-refractivity contribution in [2.24, 2.45) is 23.2 Å². The lowest BCUT2D eigenvalue weighted by Gasteiger charge is -2.37. The van der Waals surface area contributed by atoms with E-state index in [1.165, 1.54) is 0 Å². The van der Waals surface area contributed by atoms with Crippen molar-refractivity contribution >= 4 is 11.8 Å². The van der Waals surface area contributed by atoms with Gasteiger partial charge in [0, 0.05) is 12.3 Å². The van der Waals surface area contributed by atoms with Crippen LogP contribution in [0.15, 0.2) is 12.2 Å². The first kappa shape index (κ1) is 13.3. The van der Waals surface area contributed by atoms with Gasteiger partial charge in [0.2, 0.25) is 0 Å². The van der Waals surface area contributed by atoms with Crippen LogP contribution in [0.2, 0.25) is 0 Å². The number of esters is 1. The maximum Gasteiger partial charge on any atom is 0.306 e. The molecule has 0 amide bonds. The van der Waals surface area contributed by atoms with Crippen LogP contribution in [0.5, 0.6) is 0 Å². The summed E-state index contributed by atoms with van der Waals surface area (Å²) in [4.78, 5) is 24.0. The minimum Gasteiger partial charge on any atom is -0.466 e. The fourth-order valence-corrected chi connectivity index (χ4v) is 3.77. The van der Waals surface area contributed by atoms with Crippen LogP contribution in [0, 0.1) is 23.2 Å². The molecule has 0 N–H and O–H groups in total. The summed E-state index contributed by atoms with van der Waals surface area (Å²) in [6.07, 6.45) is 6.29. The first-order valence-electron chi connectivity index (χ1n) is 6.89. The van der Waals surface area contributed by atoms with Crippen LogP contribution in [-0.2, 0) is 14.3 Å². The topological polar surface area (TPSA) is 43.4 Å². The molecule has 2 aliphatic carbocycles. The molecule has 0 aromatic rings. The second-order valence-corrected chi connectivity index (χ2v) is 5.68. The van der Waals surface area contributed by atoms with E-state index in [4.69, 9.17) is 4.74 Å². The van der Waals surface area contributed by atoms with Gasteiger partial charge in [-0.05, 0) is 30.6 Å².